The molecule has 0 aliphatic rings. The predicted molar refractivity (Wildman–Crippen MR) is 64.5 cm³/mol. The quantitative estimate of drug-likeness (QED) is 0.880. The molecule has 0 amide bonds. The minimum atomic E-state index is 0.132. The van der Waals surface area contributed by atoms with Crippen LogP contribution in [0, 0.1) is 13.8 Å². The summed E-state index contributed by atoms with van der Waals surface area (Å²) in [6.45, 7) is 4.06. The molecule has 0 radical (unpaired) electrons. The molecule has 0 bridgehead atoms. The number of rotatable bonds is 3. The van der Waals surface area contributed by atoms with Crippen molar-refractivity contribution in [2.24, 2.45) is 0 Å². The van der Waals surface area contributed by atoms with Crippen molar-refractivity contribution in [1.29, 1.82) is 0 Å². The van der Waals surface area contributed by atoms with Gasteiger partial charge in [-0.25, -0.2) is 15.0 Å². The lowest BCUT2D eigenvalue weighted by atomic mass is 10.1. The fourth-order valence-corrected chi connectivity index (χ4v) is 2.79. The maximum atomic E-state index is 4.44. The number of nitrogens with zero attached hydrogens (tertiary/aromatic N) is 3. The van der Waals surface area contributed by atoms with E-state index < -0.39 is 0 Å². The van der Waals surface area contributed by atoms with Gasteiger partial charge in [0.2, 0.25) is 0 Å². The summed E-state index contributed by atoms with van der Waals surface area (Å²) in [6, 6.07) is 0.132. The monoisotopic (exact) mass is 234 g/mol. The molecule has 1 atom stereocenters. The number of aryl methyl sites for hydroxylation is 2. The molecular weight excluding hydrogens is 220 g/mol. The van der Waals surface area contributed by atoms with Crippen LogP contribution in [-0.4, -0.2) is 22.0 Å². The van der Waals surface area contributed by atoms with E-state index in [9.17, 15) is 0 Å². The van der Waals surface area contributed by atoms with E-state index in [1.54, 1.807) is 17.7 Å². The van der Waals surface area contributed by atoms with E-state index in [1.165, 1.54) is 4.88 Å². The Hall–Kier alpha value is -1.33. The van der Waals surface area contributed by atoms with Gasteiger partial charge in [0.1, 0.15) is 6.33 Å². The van der Waals surface area contributed by atoms with E-state index in [4.69, 9.17) is 0 Å². The molecule has 2 aromatic heterocycles. The van der Waals surface area contributed by atoms with Crippen LogP contribution in [0.4, 0.5) is 0 Å². The van der Waals surface area contributed by atoms with Crippen LogP contribution in [0.25, 0.3) is 0 Å². The van der Waals surface area contributed by atoms with Gasteiger partial charge < -0.3 is 5.32 Å². The molecule has 0 saturated carbocycles. The van der Waals surface area contributed by atoms with Crippen molar-refractivity contribution >= 4 is 11.3 Å². The Morgan fingerprint density at radius 3 is 2.44 bits per heavy atom. The zero-order chi connectivity index (χ0) is 11.5. The highest BCUT2D eigenvalue weighted by Crippen LogP contribution is 2.28. The summed E-state index contributed by atoms with van der Waals surface area (Å²) in [5.74, 6) is 0. The number of hydrogen-bond acceptors (Lipinski definition) is 5. The van der Waals surface area contributed by atoms with Crippen molar-refractivity contribution in [1.82, 2.24) is 20.3 Å². The molecule has 0 aromatic carbocycles. The highest BCUT2D eigenvalue weighted by atomic mass is 32.1. The minimum Gasteiger partial charge on any atom is -0.309 e. The van der Waals surface area contributed by atoms with Gasteiger partial charge in [0.05, 0.1) is 16.7 Å². The fourth-order valence-electron chi connectivity index (χ4n) is 1.72. The number of thiazole rings is 1. The topological polar surface area (TPSA) is 50.7 Å². The highest BCUT2D eigenvalue weighted by Gasteiger charge is 2.17. The highest BCUT2D eigenvalue weighted by molar-refractivity contribution is 7.11. The van der Waals surface area contributed by atoms with Crippen LogP contribution >= 0.6 is 11.3 Å². The van der Waals surface area contributed by atoms with Gasteiger partial charge in [0.15, 0.2) is 0 Å². The largest absolute Gasteiger partial charge is 0.309 e. The fraction of sp³-hybridized carbons (Fsp3) is 0.364. The summed E-state index contributed by atoms with van der Waals surface area (Å²) in [5.41, 5.74) is 2.14. The Labute approximate surface area is 98.8 Å². The van der Waals surface area contributed by atoms with Gasteiger partial charge in [0.25, 0.3) is 0 Å². The molecule has 0 spiro atoms. The lowest BCUT2D eigenvalue weighted by molar-refractivity contribution is 0.690. The first kappa shape index (κ1) is 11.2. The lowest BCUT2D eigenvalue weighted by Gasteiger charge is -2.14. The normalized spacial score (nSPS) is 12.7. The van der Waals surface area contributed by atoms with Gasteiger partial charge in [-0.05, 0) is 20.9 Å². The Balaban J connectivity index is 2.40. The summed E-state index contributed by atoms with van der Waals surface area (Å²) in [7, 11) is 1.94. The van der Waals surface area contributed by atoms with Crippen molar-refractivity contribution in [3.05, 3.63) is 39.9 Å². The van der Waals surface area contributed by atoms with Gasteiger partial charge >= 0.3 is 0 Å². The Bertz CT molecular complexity index is 466. The van der Waals surface area contributed by atoms with Gasteiger partial charge in [-0.1, -0.05) is 0 Å². The van der Waals surface area contributed by atoms with E-state index in [-0.39, 0.29) is 6.04 Å². The first-order valence-corrected chi connectivity index (χ1v) is 5.90. The third-order valence-electron chi connectivity index (χ3n) is 2.40. The molecular formula is C11H14N4S. The minimum absolute atomic E-state index is 0.132. The summed E-state index contributed by atoms with van der Waals surface area (Å²) in [4.78, 5) is 13.8. The maximum Gasteiger partial charge on any atom is 0.115 e. The third kappa shape index (κ3) is 2.10. The molecule has 0 fully saturated rings. The van der Waals surface area contributed by atoms with Crippen LogP contribution in [0.15, 0.2) is 18.7 Å². The molecule has 2 rings (SSSR count). The summed E-state index contributed by atoms with van der Waals surface area (Å²) >= 11 is 1.71. The molecule has 4 nitrogen and oxygen atoms in total. The van der Waals surface area contributed by atoms with E-state index >= 15 is 0 Å². The van der Waals surface area contributed by atoms with Crippen molar-refractivity contribution in [3.63, 3.8) is 0 Å². The van der Waals surface area contributed by atoms with Crippen LogP contribution < -0.4 is 5.32 Å². The second-order valence-corrected chi connectivity index (χ2v) is 4.81. The standard InChI is InChI=1S/C11H14N4S/c1-7-11(16-8(2)15-7)10(12-3)9-4-13-6-14-5-9/h4-6,10,12H,1-3H3. The SMILES string of the molecule is CNC(c1cncnc1)c1sc(C)nc1C. The Morgan fingerprint density at radius 2 is 1.94 bits per heavy atom. The third-order valence-corrected chi connectivity index (χ3v) is 3.54. The summed E-state index contributed by atoms with van der Waals surface area (Å²) < 4.78 is 0. The molecule has 2 aromatic rings. The average molecular weight is 234 g/mol. The zero-order valence-electron chi connectivity index (χ0n) is 9.56. The number of nitrogens with one attached hydrogen (secondary N) is 1. The second-order valence-electron chi connectivity index (χ2n) is 3.58. The van der Waals surface area contributed by atoms with Gasteiger partial charge in [0, 0.05) is 22.8 Å². The van der Waals surface area contributed by atoms with Crippen molar-refractivity contribution < 1.29 is 0 Å². The number of aromatic nitrogens is 3. The first-order valence-electron chi connectivity index (χ1n) is 5.08. The van der Waals surface area contributed by atoms with E-state index in [0.717, 1.165) is 16.3 Å². The maximum absolute atomic E-state index is 4.44. The van der Waals surface area contributed by atoms with Crippen molar-refractivity contribution in [2.45, 2.75) is 19.9 Å². The van der Waals surface area contributed by atoms with Gasteiger partial charge in [-0.15, -0.1) is 11.3 Å². The molecule has 5 heteroatoms. The lowest BCUT2D eigenvalue weighted by Crippen LogP contribution is -2.17. The van der Waals surface area contributed by atoms with Crippen LogP contribution in [0.5, 0.6) is 0 Å². The molecule has 1 unspecified atom stereocenters. The summed E-state index contributed by atoms with van der Waals surface area (Å²) in [6.07, 6.45) is 5.21. The molecule has 16 heavy (non-hydrogen) atoms. The molecule has 0 aliphatic heterocycles. The van der Waals surface area contributed by atoms with Crippen LogP contribution in [0.3, 0.4) is 0 Å². The van der Waals surface area contributed by atoms with Gasteiger partial charge in [-0.2, -0.15) is 0 Å². The molecule has 84 valence electrons. The van der Waals surface area contributed by atoms with Gasteiger partial charge in [-0.3, -0.25) is 0 Å². The van der Waals surface area contributed by atoms with E-state index in [2.05, 4.69) is 20.3 Å². The van der Waals surface area contributed by atoms with E-state index in [1.807, 2.05) is 33.3 Å². The molecule has 0 aliphatic carbocycles. The van der Waals surface area contributed by atoms with E-state index in [0.29, 0.717) is 0 Å². The Morgan fingerprint density at radius 1 is 1.25 bits per heavy atom. The van der Waals surface area contributed by atoms with Crippen molar-refractivity contribution in [3.8, 4) is 0 Å². The molecule has 1 N–H and O–H groups in total. The second kappa shape index (κ2) is 4.67. The van der Waals surface area contributed by atoms with Crippen LogP contribution in [0.1, 0.15) is 27.2 Å². The first-order chi connectivity index (χ1) is 7.72. The molecule has 2 heterocycles. The smallest absolute Gasteiger partial charge is 0.115 e. The van der Waals surface area contributed by atoms with Crippen LogP contribution in [-0.2, 0) is 0 Å². The zero-order valence-corrected chi connectivity index (χ0v) is 10.4. The van der Waals surface area contributed by atoms with Crippen molar-refractivity contribution in [2.75, 3.05) is 7.05 Å². The summed E-state index contributed by atoms with van der Waals surface area (Å²) in [5, 5.41) is 4.37. The number of hydrogen-bond donors (Lipinski definition) is 1. The predicted octanol–water partition coefficient (Wildman–Crippen LogP) is 1.86. The Kier molecular flexibility index (Phi) is 3.26. The van der Waals surface area contributed by atoms with Crippen LogP contribution in [0.2, 0.25) is 0 Å². The molecule has 0 saturated heterocycles. The average Bonchev–Trinajstić information content (AvgIpc) is 2.61.